The highest BCUT2D eigenvalue weighted by Gasteiger charge is 2.08. The van der Waals surface area contributed by atoms with Crippen molar-refractivity contribution in [3.8, 4) is 0 Å². The van der Waals surface area contributed by atoms with Gasteiger partial charge in [-0.05, 0) is 30.7 Å². The van der Waals surface area contributed by atoms with Crippen molar-refractivity contribution in [2.75, 3.05) is 7.05 Å². The molecular weight excluding hydrogens is 168 g/mol. The molecule has 13 heavy (non-hydrogen) atoms. The maximum atomic E-state index is 11.1. The van der Waals surface area contributed by atoms with Gasteiger partial charge in [-0.1, -0.05) is 0 Å². The number of quaternary nitrogens is 1. The van der Waals surface area contributed by atoms with Crippen molar-refractivity contribution in [2.24, 2.45) is 5.18 Å². The monoisotopic (exact) mass is 180 g/mol. The third-order valence-electron chi connectivity index (χ3n) is 2.02. The van der Waals surface area contributed by atoms with Gasteiger partial charge in [-0.3, -0.25) is 0 Å². The van der Waals surface area contributed by atoms with Gasteiger partial charge in [0.25, 0.3) is 0 Å². The molecule has 1 aromatic carbocycles. The summed E-state index contributed by atoms with van der Waals surface area (Å²) in [6.07, 6.45) is 0. The summed E-state index contributed by atoms with van der Waals surface area (Å²) < 4.78 is 0. The van der Waals surface area contributed by atoms with E-state index in [-0.39, 0.29) is 5.06 Å². The summed E-state index contributed by atoms with van der Waals surface area (Å²) in [7, 11) is 1.48. The molecule has 0 aliphatic heterocycles. The van der Waals surface area contributed by atoms with Crippen LogP contribution >= 0.6 is 0 Å². The maximum absolute atomic E-state index is 11.1. The molecule has 0 radical (unpaired) electrons. The molecule has 1 rings (SSSR count). The quantitative estimate of drug-likeness (QED) is 0.551. The minimum absolute atomic E-state index is 0.0394. The summed E-state index contributed by atoms with van der Waals surface area (Å²) >= 11 is 0. The highest BCUT2D eigenvalue weighted by atomic mass is 16.5. The highest BCUT2D eigenvalue weighted by Crippen LogP contribution is 2.23. The van der Waals surface area contributed by atoms with Crippen LogP contribution < -0.4 is 5.06 Å². The first kappa shape index (κ1) is 9.83. The average Bonchev–Trinajstić information content (AvgIpc) is 2.03. The van der Waals surface area contributed by atoms with Crippen molar-refractivity contribution in [3.05, 3.63) is 33.4 Å². The first-order valence-corrected chi connectivity index (χ1v) is 4.02. The largest absolute Gasteiger partial charge is 0.629 e. The van der Waals surface area contributed by atoms with Gasteiger partial charge in [0, 0.05) is 11.6 Å². The maximum Gasteiger partial charge on any atom is 0.136 e. The molecule has 4 nitrogen and oxygen atoms in total. The average molecular weight is 180 g/mol. The number of nitrogens with one attached hydrogen (secondary N) is 1. The number of nitroso groups, excluding NO2 is 1. The Bertz CT molecular complexity index is 335. The number of hydrogen-bond donors (Lipinski definition) is 1. The van der Waals surface area contributed by atoms with Gasteiger partial charge in [0.05, 0.1) is 7.05 Å². The third kappa shape index (κ3) is 1.91. The molecule has 0 saturated heterocycles. The Hall–Kier alpha value is -1.26. The molecule has 0 aromatic heterocycles. The Morgan fingerprint density at radius 2 is 1.92 bits per heavy atom. The molecule has 0 fully saturated rings. The van der Waals surface area contributed by atoms with Crippen molar-refractivity contribution < 1.29 is 5.06 Å². The lowest BCUT2D eigenvalue weighted by molar-refractivity contribution is -0.751. The number of hydroxylamine groups is 1. The first-order chi connectivity index (χ1) is 6.06. The van der Waals surface area contributed by atoms with E-state index in [9.17, 15) is 10.1 Å². The fourth-order valence-electron chi connectivity index (χ4n) is 1.32. The Kier molecular flexibility index (Phi) is 2.75. The van der Waals surface area contributed by atoms with Crippen LogP contribution in [0.2, 0.25) is 0 Å². The van der Waals surface area contributed by atoms with Gasteiger partial charge in [0.1, 0.15) is 11.4 Å². The third-order valence-corrected chi connectivity index (χ3v) is 2.02. The van der Waals surface area contributed by atoms with Gasteiger partial charge in [-0.15, -0.1) is 4.91 Å². The molecule has 0 bridgehead atoms. The topological polar surface area (TPSA) is 56.9 Å². The lowest BCUT2D eigenvalue weighted by Gasteiger charge is -2.18. The Labute approximate surface area is 76.7 Å². The summed E-state index contributed by atoms with van der Waals surface area (Å²) in [4.78, 5) is 10.4. The van der Waals surface area contributed by atoms with E-state index in [1.807, 2.05) is 6.92 Å². The van der Waals surface area contributed by atoms with E-state index >= 15 is 0 Å². The molecule has 1 unspecified atom stereocenters. The zero-order chi connectivity index (χ0) is 10.0. The smallest absolute Gasteiger partial charge is 0.136 e. The molecule has 0 spiro atoms. The van der Waals surface area contributed by atoms with Crippen LogP contribution in [-0.4, -0.2) is 7.05 Å². The van der Waals surface area contributed by atoms with E-state index < -0.39 is 0 Å². The number of rotatable bonds is 2. The number of aryl methyl sites for hydroxylation is 2. The van der Waals surface area contributed by atoms with E-state index in [2.05, 4.69) is 5.18 Å². The van der Waals surface area contributed by atoms with Crippen LogP contribution in [0.25, 0.3) is 0 Å². The van der Waals surface area contributed by atoms with Gasteiger partial charge in [-0.25, -0.2) is 0 Å². The minimum Gasteiger partial charge on any atom is -0.629 e. The standard InChI is InChI=1S/C9H12N2O2/c1-6-4-7(2)9(11(3)13)5-8(6)10-12/h4-5,11H,1-3H3. The summed E-state index contributed by atoms with van der Waals surface area (Å²) in [6.45, 7) is 3.64. The van der Waals surface area contributed by atoms with Crippen LogP contribution in [0.15, 0.2) is 17.3 Å². The lowest BCUT2D eigenvalue weighted by atomic mass is 10.1. The molecule has 0 aliphatic carbocycles. The van der Waals surface area contributed by atoms with Gasteiger partial charge >= 0.3 is 0 Å². The molecule has 1 aromatic rings. The summed E-state index contributed by atoms with van der Waals surface area (Å²) in [5.41, 5.74) is 2.60. The van der Waals surface area contributed by atoms with Gasteiger partial charge in [-0.2, -0.15) is 0 Å². The molecule has 0 aliphatic rings. The normalized spacial score (nSPS) is 12.6. The van der Waals surface area contributed by atoms with E-state index in [0.29, 0.717) is 11.4 Å². The van der Waals surface area contributed by atoms with Gasteiger partial charge in [0.2, 0.25) is 0 Å². The van der Waals surface area contributed by atoms with Crippen molar-refractivity contribution in [3.63, 3.8) is 0 Å². The predicted octanol–water partition coefficient (Wildman–Crippen LogP) is 1.35. The molecule has 0 heterocycles. The number of benzene rings is 1. The van der Waals surface area contributed by atoms with Crippen LogP contribution in [0.1, 0.15) is 11.1 Å². The van der Waals surface area contributed by atoms with Crippen LogP contribution in [0.3, 0.4) is 0 Å². The second-order valence-corrected chi connectivity index (χ2v) is 3.10. The van der Waals surface area contributed by atoms with Crippen molar-refractivity contribution in [2.45, 2.75) is 13.8 Å². The minimum atomic E-state index is -0.0394. The van der Waals surface area contributed by atoms with Crippen molar-refractivity contribution in [1.29, 1.82) is 0 Å². The Balaban J connectivity index is 3.30. The second-order valence-electron chi connectivity index (χ2n) is 3.10. The molecule has 70 valence electrons. The van der Waals surface area contributed by atoms with Crippen LogP contribution in [0.5, 0.6) is 0 Å². The zero-order valence-electron chi connectivity index (χ0n) is 7.92. The molecule has 1 atom stereocenters. The Morgan fingerprint density at radius 3 is 2.38 bits per heavy atom. The predicted molar refractivity (Wildman–Crippen MR) is 51.3 cm³/mol. The van der Waals surface area contributed by atoms with Gasteiger partial charge < -0.3 is 10.3 Å². The van der Waals surface area contributed by atoms with Crippen LogP contribution in [0, 0.1) is 24.0 Å². The highest BCUT2D eigenvalue weighted by molar-refractivity contribution is 5.56. The molecule has 4 heteroatoms. The fourth-order valence-corrected chi connectivity index (χ4v) is 1.32. The molecular formula is C9H12N2O2. The van der Waals surface area contributed by atoms with Crippen molar-refractivity contribution >= 4 is 11.4 Å². The van der Waals surface area contributed by atoms with Crippen LogP contribution in [-0.2, 0) is 0 Å². The summed E-state index contributed by atoms with van der Waals surface area (Å²) in [5, 5.41) is 13.9. The van der Waals surface area contributed by atoms with Gasteiger partial charge in [0.15, 0.2) is 0 Å². The zero-order valence-corrected chi connectivity index (χ0v) is 7.92. The summed E-state index contributed by atoms with van der Waals surface area (Å²) in [5.74, 6) is 0. The molecule has 0 saturated carbocycles. The van der Waals surface area contributed by atoms with Crippen LogP contribution in [0.4, 0.5) is 11.4 Å². The number of nitrogens with zero attached hydrogens (tertiary/aromatic N) is 1. The summed E-state index contributed by atoms with van der Waals surface area (Å²) in [6, 6.07) is 3.34. The second kappa shape index (κ2) is 3.64. The fraction of sp³-hybridized carbons (Fsp3) is 0.333. The van der Waals surface area contributed by atoms with Crippen molar-refractivity contribution in [1.82, 2.24) is 0 Å². The first-order valence-electron chi connectivity index (χ1n) is 4.02. The van der Waals surface area contributed by atoms with E-state index in [1.165, 1.54) is 7.05 Å². The molecule has 1 N–H and O–H groups in total. The van der Waals surface area contributed by atoms with E-state index in [0.717, 1.165) is 11.1 Å². The van der Waals surface area contributed by atoms with E-state index in [1.54, 1.807) is 19.1 Å². The lowest BCUT2D eigenvalue weighted by Crippen LogP contribution is -2.98. The van der Waals surface area contributed by atoms with E-state index in [4.69, 9.17) is 0 Å². The SMILES string of the molecule is Cc1cc(C)c([NH+](C)[O-])cc1N=O. The Morgan fingerprint density at radius 1 is 1.31 bits per heavy atom. The molecule has 0 amide bonds. The number of hydrogen-bond acceptors (Lipinski definition) is 3.